The Bertz CT molecular complexity index is 622. The fourth-order valence-electron chi connectivity index (χ4n) is 2.44. The van der Waals surface area contributed by atoms with Crippen LogP contribution in [0.3, 0.4) is 0 Å². The van der Waals surface area contributed by atoms with Crippen LogP contribution in [0.25, 0.3) is 0 Å². The Balaban J connectivity index is 2.01. The van der Waals surface area contributed by atoms with Crippen LogP contribution in [0.5, 0.6) is 0 Å². The molecule has 126 valence electrons. The molecule has 0 atom stereocenters. The number of carbonyl (C=O) groups excluding carboxylic acids is 1. The molecule has 0 fully saturated rings. The van der Waals surface area contributed by atoms with E-state index < -0.39 is 17.7 Å². The number of carboxylic acid groups (broad SMARTS) is 1. The Morgan fingerprint density at radius 2 is 2.09 bits per heavy atom. The van der Waals surface area contributed by atoms with Crippen LogP contribution in [0.1, 0.15) is 43.9 Å². The molecular weight excluding hydrogens is 298 g/mol. The van der Waals surface area contributed by atoms with Crippen LogP contribution in [0.15, 0.2) is 12.1 Å². The molecule has 1 aliphatic heterocycles. The highest BCUT2D eigenvalue weighted by molar-refractivity contribution is 5.69. The number of hydrazine groups is 2. The molecule has 1 amide bonds. The summed E-state index contributed by atoms with van der Waals surface area (Å²) in [6.45, 7) is 7.84. The van der Waals surface area contributed by atoms with Crippen LogP contribution in [0.2, 0.25) is 0 Å². The van der Waals surface area contributed by atoms with E-state index >= 15 is 0 Å². The first-order chi connectivity index (χ1) is 10.6. The average molecular weight is 321 g/mol. The Kier molecular flexibility index (Phi) is 4.79. The number of carboxylic acids is 1. The summed E-state index contributed by atoms with van der Waals surface area (Å²) in [7, 11) is 0. The summed E-state index contributed by atoms with van der Waals surface area (Å²) in [5.41, 5.74) is 9.14. The van der Waals surface area contributed by atoms with E-state index in [1.807, 2.05) is 19.1 Å². The zero-order chi connectivity index (χ0) is 17.2. The van der Waals surface area contributed by atoms with Crippen LogP contribution in [0.4, 0.5) is 10.5 Å². The molecule has 7 heteroatoms. The number of carbonyl (C=O) groups is 2. The van der Waals surface area contributed by atoms with Crippen LogP contribution in [-0.4, -0.2) is 27.9 Å². The van der Waals surface area contributed by atoms with Crippen molar-refractivity contribution in [3.05, 3.63) is 28.8 Å². The lowest BCUT2D eigenvalue weighted by molar-refractivity contribution is -0.136. The van der Waals surface area contributed by atoms with Gasteiger partial charge in [0, 0.05) is 6.42 Å². The molecular formula is C16H23N3O4. The molecule has 0 unspecified atom stereocenters. The van der Waals surface area contributed by atoms with Crippen molar-refractivity contribution in [3.63, 3.8) is 0 Å². The number of rotatable bonds is 4. The van der Waals surface area contributed by atoms with Crippen molar-refractivity contribution < 1.29 is 19.4 Å². The maximum Gasteiger partial charge on any atom is 0.423 e. The lowest BCUT2D eigenvalue weighted by Crippen LogP contribution is -2.44. The molecule has 23 heavy (non-hydrogen) atoms. The number of hydrogen-bond donors (Lipinski definition) is 3. The second-order valence-corrected chi connectivity index (χ2v) is 6.65. The SMILES string of the molecule is Cc1cc(CCC(=O)O)cc2c1NN(NC(=O)OC(C)(C)C)C2. The number of ether oxygens (including phenoxy) is 1. The van der Waals surface area contributed by atoms with Crippen molar-refractivity contribution in [3.8, 4) is 0 Å². The quantitative estimate of drug-likeness (QED) is 0.789. The maximum absolute atomic E-state index is 11.8. The van der Waals surface area contributed by atoms with Gasteiger partial charge in [-0.3, -0.25) is 4.79 Å². The summed E-state index contributed by atoms with van der Waals surface area (Å²) in [5.74, 6) is -0.811. The topological polar surface area (TPSA) is 90.9 Å². The number of nitrogens with one attached hydrogen (secondary N) is 2. The molecule has 0 saturated carbocycles. The highest BCUT2D eigenvalue weighted by Gasteiger charge is 2.24. The minimum absolute atomic E-state index is 0.103. The van der Waals surface area contributed by atoms with E-state index in [-0.39, 0.29) is 6.42 Å². The Morgan fingerprint density at radius 1 is 1.39 bits per heavy atom. The third-order valence-electron chi connectivity index (χ3n) is 3.30. The number of anilines is 1. The van der Waals surface area contributed by atoms with E-state index in [1.54, 1.807) is 25.9 Å². The van der Waals surface area contributed by atoms with Crippen molar-refractivity contribution in [2.45, 2.75) is 52.7 Å². The van der Waals surface area contributed by atoms with Gasteiger partial charge in [0.2, 0.25) is 0 Å². The summed E-state index contributed by atoms with van der Waals surface area (Å²) < 4.78 is 5.22. The minimum Gasteiger partial charge on any atom is -0.481 e. The molecule has 1 aromatic rings. The van der Waals surface area contributed by atoms with Crippen molar-refractivity contribution >= 4 is 17.7 Å². The maximum atomic E-state index is 11.8. The number of benzene rings is 1. The fourth-order valence-corrected chi connectivity index (χ4v) is 2.44. The van der Waals surface area contributed by atoms with Gasteiger partial charge in [-0.15, -0.1) is 5.12 Å². The van der Waals surface area contributed by atoms with Gasteiger partial charge in [-0.25, -0.2) is 10.2 Å². The number of nitrogens with zero attached hydrogens (tertiary/aromatic N) is 1. The third kappa shape index (κ3) is 4.85. The number of aliphatic carboxylic acids is 1. The molecule has 0 saturated heterocycles. The van der Waals surface area contributed by atoms with Gasteiger partial charge in [0.1, 0.15) is 5.60 Å². The summed E-state index contributed by atoms with van der Waals surface area (Å²) >= 11 is 0. The molecule has 0 radical (unpaired) electrons. The highest BCUT2D eigenvalue weighted by atomic mass is 16.6. The molecule has 1 aliphatic rings. The van der Waals surface area contributed by atoms with Crippen LogP contribution in [-0.2, 0) is 22.5 Å². The molecule has 7 nitrogen and oxygen atoms in total. The molecule has 2 rings (SSSR count). The second kappa shape index (κ2) is 6.45. The summed E-state index contributed by atoms with van der Waals surface area (Å²) in [4.78, 5) is 22.5. The average Bonchev–Trinajstić information content (AvgIpc) is 2.76. The van der Waals surface area contributed by atoms with Gasteiger partial charge >= 0.3 is 12.1 Å². The lowest BCUT2D eigenvalue weighted by Gasteiger charge is -2.23. The largest absolute Gasteiger partial charge is 0.481 e. The van der Waals surface area contributed by atoms with Gasteiger partial charge in [0.25, 0.3) is 0 Å². The van der Waals surface area contributed by atoms with E-state index in [9.17, 15) is 9.59 Å². The Hall–Kier alpha value is -2.28. The highest BCUT2D eigenvalue weighted by Crippen LogP contribution is 2.29. The van der Waals surface area contributed by atoms with Crippen molar-refractivity contribution in [2.75, 3.05) is 5.43 Å². The lowest BCUT2D eigenvalue weighted by atomic mass is 10.0. The summed E-state index contributed by atoms with van der Waals surface area (Å²) in [5, 5.41) is 10.4. The first kappa shape index (κ1) is 17.1. The molecule has 1 aromatic carbocycles. The normalized spacial score (nSPS) is 14.1. The minimum atomic E-state index is -0.811. The molecule has 0 spiro atoms. The van der Waals surface area contributed by atoms with E-state index in [2.05, 4.69) is 10.9 Å². The van der Waals surface area contributed by atoms with Gasteiger partial charge in [-0.1, -0.05) is 12.1 Å². The van der Waals surface area contributed by atoms with E-state index in [4.69, 9.17) is 9.84 Å². The third-order valence-corrected chi connectivity index (χ3v) is 3.30. The second-order valence-electron chi connectivity index (χ2n) is 6.65. The first-order valence-electron chi connectivity index (χ1n) is 7.52. The fraction of sp³-hybridized carbons (Fsp3) is 0.500. The zero-order valence-corrected chi connectivity index (χ0v) is 13.9. The van der Waals surface area contributed by atoms with Gasteiger partial charge in [0.15, 0.2) is 0 Å². The molecule has 0 bridgehead atoms. The number of aryl methyl sites for hydroxylation is 2. The smallest absolute Gasteiger partial charge is 0.423 e. The Morgan fingerprint density at radius 3 is 2.70 bits per heavy atom. The number of hydrogen-bond acceptors (Lipinski definition) is 5. The predicted octanol–water partition coefficient (Wildman–Crippen LogP) is 2.59. The molecule has 1 heterocycles. The molecule has 0 aliphatic carbocycles. The van der Waals surface area contributed by atoms with Crippen LogP contribution in [0, 0.1) is 6.92 Å². The summed E-state index contributed by atoms with van der Waals surface area (Å²) in [6, 6.07) is 3.93. The van der Waals surface area contributed by atoms with Crippen molar-refractivity contribution in [1.29, 1.82) is 0 Å². The van der Waals surface area contributed by atoms with Gasteiger partial charge in [0.05, 0.1) is 12.2 Å². The van der Waals surface area contributed by atoms with Gasteiger partial charge < -0.3 is 15.3 Å². The monoisotopic (exact) mass is 321 g/mol. The van der Waals surface area contributed by atoms with E-state index in [1.165, 1.54) is 0 Å². The van der Waals surface area contributed by atoms with Crippen LogP contribution >= 0.6 is 0 Å². The zero-order valence-electron chi connectivity index (χ0n) is 13.9. The Labute approximate surface area is 135 Å². The van der Waals surface area contributed by atoms with Crippen LogP contribution < -0.4 is 10.9 Å². The van der Waals surface area contributed by atoms with Crippen molar-refractivity contribution in [1.82, 2.24) is 10.5 Å². The van der Waals surface area contributed by atoms with Gasteiger partial charge in [-0.2, -0.15) is 0 Å². The first-order valence-corrected chi connectivity index (χ1v) is 7.52. The summed E-state index contributed by atoms with van der Waals surface area (Å²) in [6.07, 6.45) is 0.0654. The van der Waals surface area contributed by atoms with Crippen molar-refractivity contribution in [2.24, 2.45) is 0 Å². The number of amides is 1. The predicted molar refractivity (Wildman–Crippen MR) is 85.7 cm³/mol. The van der Waals surface area contributed by atoms with E-state index in [0.29, 0.717) is 13.0 Å². The standard InChI is InChI=1S/C16H23N3O4/c1-10-7-11(5-6-13(20)21)8-12-9-19(17-14(10)12)18-15(22)23-16(2,3)4/h7-8,17H,5-6,9H2,1-4H3,(H,18,22)(H,20,21). The molecule has 0 aromatic heterocycles. The van der Waals surface area contributed by atoms with E-state index in [0.717, 1.165) is 22.4 Å². The molecule has 3 N–H and O–H groups in total. The van der Waals surface area contributed by atoms with Gasteiger partial charge in [-0.05, 0) is 50.8 Å². The number of fused-ring (bicyclic) bond motifs is 1.